The van der Waals surface area contributed by atoms with Crippen LogP contribution in [0.25, 0.3) is 0 Å². The van der Waals surface area contributed by atoms with E-state index < -0.39 is 5.41 Å². The summed E-state index contributed by atoms with van der Waals surface area (Å²) in [6.07, 6.45) is 0.757. The van der Waals surface area contributed by atoms with Crippen LogP contribution in [-0.4, -0.2) is 22.4 Å². The number of amides is 1. The fraction of sp³-hybridized carbons (Fsp3) is 0.545. The van der Waals surface area contributed by atoms with Crippen LogP contribution in [0.4, 0.5) is 5.82 Å². The molecule has 0 aliphatic carbocycles. The maximum Gasteiger partial charge on any atom is 0.224 e. The molecule has 1 amide bonds. The third-order valence-electron chi connectivity index (χ3n) is 2.44. The maximum atomic E-state index is 11.2. The van der Waals surface area contributed by atoms with Gasteiger partial charge in [0.15, 0.2) is 0 Å². The van der Waals surface area contributed by atoms with Gasteiger partial charge in [-0.15, -0.1) is 0 Å². The molecule has 6 heteroatoms. The lowest BCUT2D eigenvalue weighted by molar-refractivity contribution is -0.125. The van der Waals surface area contributed by atoms with Gasteiger partial charge in [-0.1, -0.05) is 6.92 Å². The van der Waals surface area contributed by atoms with Gasteiger partial charge in [0.05, 0.1) is 5.41 Å². The molecule has 1 aromatic heterocycles. The average molecular weight is 301 g/mol. The molecule has 0 fully saturated rings. The van der Waals surface area contributed by atoms with Gasteiger partial charge in [-0.3, -0.25) is 4.79 Å². The van der Waals surface area contributed by atoms with E-state index in [9.17, 15) is 4.79 Å². The Morgan fingerprint density at radius 3 is 2.71 bits per heavy atom. The van der Waals surface area contributed by atoms with E-state index in [1.54, 1.807) is 19.9 Å². The average Bonchev–Trinajstić information content (AvgIpc) is 2.25. The third kappa shape index (κ3) is 3.96. The fourth-order valence-corrected chi connectivity index (χ4v) is 1.53. The van der Waals surface area contributed by atoms with Crippen LogP contribution in [0, 0.1) is 5.41 Å². The van der Waals surface area contributed by atoms with Crippen molar-refractivity contribution in [2.24, 2.45) is 11.1 Å². The summed E-state index contributed by atoms with van der Waals surface area (Å²) < 4.78 is 0.726. The third-order valence-corrected chi connectivity index (χ3v) is 2.84. The highest BCUT2D eigenvalue weighted by Crippen LogP contribution is 2.17. The zero-order valence-electron chi connectivity index (χ0n) is 10.2. The summed E-state index contributed by atoms with van der Waals surface area (Å²) in [5, 5.41) is 3.10. The molecule has 3 N–H and O–H groups in total. The number of anilines is 1. The van der Waals surface area contributed by atoms with Gasteiger partial charge in [0.2, 0.25) is 5.91 Å². The van der Waals surface area contributed by atoms with Crippen LogP contribution in [-0.2, 0) is 11.2 Å². The standard InChI is InChI=1S/C11H17BrN4O/c1-4-8-15-7(12)5-9(16-8)14-6-11(2,3)10(13)17/h5H,4,6H2,1-3H3,(H2,13,17)(H,14,15,16). The molecule has 0 aliphatic rings. The molecule has 5 nitrogen and oxygen atoms in total. The number of hydrogen-bond donors (Lipinski definition) is 2. The Hall–Kier alpha value is -1.17. The highest BCUT2D eigenvalue weighted by atomic mass is 79.9. The first-order valence-electron chi connectivity index (χ1n) is 5.42. The minimum Gasteiger partial charge on any atom is -0.369 e. The molecule has 94 valence electrons. The SMILES string of the molecule is CCc1nc(Br)cc(NCC(C)(C)C(N)=O)n1. The molecule has 0 aromatic carbocycles. The summed E-state index contributed by atoms with van der Waals surface area (Å²) in [4.78, 5) is 19.7. The van der Waals surface area contributed by atoms with Crippen LogP contribution in [0.1, 0.15) is 26.6 Å². The van der Waals surface area contributed by atoms with Crippen LogP contribution in [0.5, 0.6) is 0 Å². The van der Waals surface area contributed by atoms with Crippen LogP contribution < -0.4 is 11.1 Å². The van der Waals surface area contributed by atoms with Gasteiger partial charge in [-0.05, 0) is 29.8 Å². The van der Waals surface area contributed by atoms with Crippen molar-refractivity contribution in [2.45, 2.75) is 27.2 Å². The normalized spacial score (nSPS) is 11.3. The molecule has 0 spiro atoms. The van der Waals surface area contributed by atoms with Gasteiger partial charge in [-0.25, -0.2) is 9.97 Å². The predicted octanol–water partition coefficient (Wildman–Crippen LogP) is 1.72. The number of halogens is 1. The Balaban J connectivity index is 2.76. The number of rotatable bonds is 5. The minimum absolute atomic E-state index is 0.339. The number of nitrogens with one attached hydrogen (secondary N) is 1. The molecule has 1 rings (SSSR count). The van der Waals surface area contributed by atoms with Crippen LogP contribution in [0.2, 0.25) is 0 Å². The smallest absolute Gasteiger partial charge is 0.224 e. The van der Waals surface area contributed by atoms with Crippen LogP contribution >= 0.6 is 15.9 Å². The van der Waals surface area contributed by atoms with Crippen molar-refractivity contribution in [2.75, 3.05) is 11.9 Å². The van der Waals surface area contributed by atoms with Crippen LogP contribution in [0.15, 0.2) is 10.7 Å². The molecule has 0 saturated heterocycles. The van der Waals surface area contributed by atoms with Crippen molar-refractivity contribution in [1.82, 2.24) is 9.97 Å². The van der Waals surface area contributed by atoms with Gasteiger partial charge in [0.1, 0.15) is 16.2 Å². The highest BCUT2D eigenvalue weighted by molar-refractivity contribution is 9.10. The molecule has 1 aromatic rings. The summed E-state index contributed by atoms with van der Waals surface area (Å²) in [6.45, 7) is 6.01. The molecule has 1 heterocycles. The van der Waals surface area contributed by atoms with Gasteiger partial charge in [-0.2, -0.15) is 0 Å². The molecular weight excluding hydrogens is 284 g/mol. The largest absolute Gasteiger partial charge is 0.369 e. The molecule has 0 bridgehead atoms. The van der Waals surface area contributed by atoms with E-state index in [0.717, 1.165) is 16.8 Å². The van der Waals surface area contributed by atoms with Crippen molar-refractivity contribution >= 4 is 27.7 Å². The lowest BCUT2D eigenvalue weighted by atomic mass is 9.93. The molecule has 17 heavy (non-hydrogen) atoms. The highest BCUT2D eigenvalue weighted by Gasteiger charge is 2.24. The van der Waals surface area contributed by atoms with Gasteiger partial charge >= 0.3 is 0 Å². The number of primary amides is 1. The van der Waals surface area contributed by atoms with E-state index in [1.165, 1.54) is 0 Å². The fourth-order valence-electron chi connectivity index (χ4n) is 1.11. The number of nitrogens with zero attached hydrogens (tertiary/aromatic N) is 2. The van der Waals surface area contributed by atoms with E-state index in [0.29, 0.717) is 12.4 Å². The predicted molar refractivity (Wildman–Crippen MR) is 70.6 cm³/mol. The molecule has 0 aliphatic heterocycles. The number of carbonyl (C=O) groups is 1. The number of carbonyl (C=O) groups excluding carboxylic acids is 1. The molecule has 0 unspecified atom stereocenters. The monoisotopic (exact) mass is 300 g/mol. The number of aromatic nitrogens is 2. The van der Waals surface area contributed by atoms with Crippen LogP contribution in [0.3, 0.4) is 0 Å². The van der Waals surface area contributed by atoms with Crippen molar-refractivity contribution in [1.29, 1.82) is 0 Å². The minimum atomic E-state index is -0.607. The van der Waals surface area contributed by atoms with E-state index >= 15 is 0 Å². The van der Waals surface area contributed by atoms with E-state index in [4.69, 9.17) is 5.73 Å². The van der Waals surface area contributed by atoms with E-state index in [2.05, 4.69) is 31.2 Å². The molecular formula is C11H17BrN4O. The number of nitrogens with two attached hydrogens (primary N) is 1. The maximum absolute atomic E-state index is 11.2. The second-order valence-corrected chi connectivity index (χ2v) is 5.26. The van der Waals surface area contributed by atoms with Gasteiger partial charge < -0.3 is 11.1 Å². The first-order valence-corrected chi connectivity index (χ1v) is 6.21. The Kier molecular flexibility index (Phi) is 4.45. The second kappa shape index (κ2) is 5.44. The topological polar surface area (TPSA) is 80.9 Å². The van der Waals surface area contributed by atoms with Crippen molar-refractivity contribution in [3.8, 4) is 0 Å². The summed E-state index contributed by atoms with van der Waals surface area (Å²) in [6, 6.07) is 1.77. The van der Waals surface area contributed by atoms with Crippen molar-refractivity contribution in [3.63, 3.8) is 0 Å². The second-order valence-electron chi connectivity index (χ2n) is 4.45. The van der Waals surface area contributed by atoms with Gasteiger partial charge in [0.25, 0.3) is 0 Å². The first-order chi connectivity index (χ1) is 7.85. The molecule has 0 radical (unpaired) electrons. The van der Waals surface area contributed by atoms with E-state index in [-0.39, 0.29) is 5.91 Å². The Labute approximate surface area is 109 Å². The Bertz CT molecular complexity index is 420. The summed E-state index contributed by atoms with van der Waals surface area (Å²) >= 11 is 3.32. The van der Waals surface area contributed by atoms with Gasteiger partial charge in [0, 0.05) is 19.0 Å². The van der Waals surface area contributed by atoms with E-state index in [1.807, 2.05) is 6.92 Å². The zero-order chi connectivity index (χ0) is 13.1. The zero-order valence-corrected chi connectivity index (χ0v) is 11.8. The van der Waals surface area contributed by atoms with Crippen molar-refractivity contribution < 1.29 is 4.79 Å². The molecule has 0 atom stereocenters. The summed E-state index contributed by atoms with van der Waals surface area (Å²) in [7, 11) is 0. The molecule has 0 saturated carbocycles. The summed E-state index contributed by atoms with van der Waals surface area (Å²) in [5.41, 5.74) is 4.69. The number of aryl methyl sites for hydroxylation is 1. The van der Waals surface area contributed by atoms with Crippen molar-refractivity contribution in [3.05, 3.63) is 16.5 Å². The Morgan fingerprint density at radius 1 is 1.53 bits per heavy atom. The lowest BCUT2D eigenvalue weighted by Crippen LogP contribution is -2.37. The first kappa shape index (κ1) is 13.9. The quantitative estimate of drug-likeness (QED) is 0.812. The Morgan fingerprint density at radius 2 is 2.18 bits per heavy atom. The lowest BCUT2D eigenvalue weighted by Gasteiger charge is -2.21. The number of hydrogen-bond acceptors (Lipinski definition) is 4. The summed E-state index contributed by atoms with van der Waals surface area (Å²) in [5.74, 6) is 1.10.